The Morgan fingerprint density at radius 1 is 1.50 bits per heavy atom. The molecule has 0 saturated carbocycles. The van der Waals surface area contributed by atoms with Gasteiger partial charge < -0.3 is 5.73 Å². The highest BCUT2D eigenvalue weighted by atomic mass is 32.1. The molecule has 0 bridgehead atoms. The monoisotopic (exact) mass is 263 g/mol. The summed E-state index contributed by atoms with van der Waals surface area (Å²) in [4.78, 5) is 15.2. The average molecular weight is 263 g/mol. The van der Waals surface area contributed by atoms with Crippen molar-refractivity contribution in [1.82, 2.24) is 9.55 Å². The van der Waals surface area contributed by atoms with Gasteiger partial charge in [-0.15, -0.1) is 0 Å². The molecule has 0 atom stereocenters. The highest BCUT2D eigenvalue weighted by molar-refractivity contribution is 7.80. The molecule has 0 radical (unpaired) electrons. The predicted octanol–water partition coefficient (Wildman–Crippen LogP) is 1.06. The third-order valence-corrected chi connectivity index (χ3v) is 2.68. The Hall–Kier alpha value is -2.08. The minimum absolute atomic E-state index is 0.0986. The third kappa shape index (κ3) is 2.60. The lowest BCUT2D eigenvalue weighted by molar-refractivity contribution is 0.625. The quantitative estimate of drug-likeness (QED) is 0.841. The third-order valence-electron chi connectivity index (χ3n) is 2.46. The van der Waals surface area contributed by atoms with Crippen molar-refractivity contribution in [3.05, 3.63) is 64.1 Å². The van der Waals surface area contributed by atoms with Crippen molar-refractivity contribution in [2.45, 2.75) is 6.54 Å². The summed E-state index contributed by atoms with van der Waals surface area (Å²) in [5.41, 5.74) is 6.27. The van der Waals surface area contributed by atoms with Gasteiger partial charge in [-0.1, -0.05) is 18.3 Å². The fourth-order valence-corrected chi connectivity index (χ4v) is 1.80. The molecular weight excluding hydrogens is 253 g/mol. The lowest BCUT2D eigenvalue weighted by Gasteiger charge is -2.09. The van der Waals surface area contributed by atoms with Gasteiger partial charge in [-0.05, 0) is 23.8 Å². The first-order valence-corrected chi connectivity index (χ1v) is 5.58. The van der Waals surface area contributed by atoms with Crippen LogP contribution in [-0.4, -0.2) is 14.5 Å². The van der Waals surface area contributed by atoms with Crippen LogP contribution in [0.5, 0.6) is 0 Å². The van der Waals surface area contributed by atoms with Crippen molar-refractivity contribution in [3.8, 4) is 0 Å². The Balaban J connectivity index is 2.44. The van der Waals surface area contributed by atoms with Crippen molar-refractivity contribution in [3.63, 3.8) is 0 Å². The van der Waals surface area contributed by atoms with Gasteiger partial charge in [0.1, 0.15) is 10.8 Å². The van der Waals surface area contributed by atoms with E-state index in [-0.39, 0.29) is 17.2 Å². The van der Waals surface area contributed by atoms with Crippen LogP contribution in [0.3, 0.4) is 0 Å². The van der Waals surface area contributed by atoms with Crippen LogP contribution in [0.4, 0.5) is 4.39 Å². The fourth-order valence-electron chi connectivity index (χ4n) is 1.61. The lowest BCUT2D eigenvalue weighted by atomic mass is 10.1. The number of benzene rings is 1. The molecule has 0 aliphatic rings. The van der Waals surface area contributed by atoms with Gasteiger partial charge in [-0.3, -0.25) is 4.57 Å². The first-order valence-electron chi connectivity index (χ1n) is 5.17. The van der Waals surface area contributed by atoms with E-state index >= 15 is 0 Å². The lowest BCUT2D eigenvalue weighted by Crippen LogP contribution is -2.23. The highest BCUT2D eigenvalue weighted by Crippen LogP contribution is 2.12. The van der Waals surface area contributed by atoms with Crippen LogP contribution < -0.4 is 11.4 Å². The number of rotatable bonds is 3. The normalized spacial score (nSPS) is 10.3. The maximum atomic E-state index is 13.1. The van der Waals surface area contributed by atoms with Crippen LogP contribution in [0.2, 0.25) is 0 Å². The summed E-state index contributed by atoms with van der Waals surface area (Å²) in [5, 5.41) is 0. The summed E-state index contributed by atoms with van der Waals surface area (Å²) in [6.45, 7) is 0.250. The number of aromatic nitrogens is 2. The fraction of sp³-hybridized carbons (Fsp3) is 0.0833. The summed E-state index contributed by atoms with van der Waals surface area (Å²) in [7, 11) is 0. The van der Waals surface area contributed by atoms with Crippen molar-refractivity contribution < 1.29 is 4.39 Å². The van der Waals surface area contributed by atoms with E-state index in [0.29, 0.717) is 11.1 Å². The maximum absolute atomic E-state index is 13.1. The van der Waals surface area contributed by atoms with E-state index in [1.54, 1.807) is 18.3 Å². The molecule has 1 aromatic heterocycles. The molecule has 92 valence electrons. The molecule has 0 amide bonds. The molecule has 0 aliphatic heterocycles. The van der Waals surface area contributed by atoms with Gasteiger partial charge in [0.05, 0.1) is 6.54 Å². The van der Waals surface area contributed by atoms with Gasteiger partial charge in [0.25, 0.3) is 0 Å². The minimum atomic E-state index is -0.417. The Bertz CT molecular complexity index is 654. The topological polar surface area (TPSA) is 60.9 Å². The number of hydrogen-bond acceptors (Lipinski definition) is 3. The van der Waals surface area contributed by atoms with Crippen molar-refractivity contribution >= 4 is 17.2 Å². The first kappa shape index (κ1) is 12.4. The molecule has 0 saturated heterocycles. The smallest absolute Gasteiger partial charge is 0.347 e. The van der Waals surface area contributed by atoms with E-state index in [1.807, 2.05) is 0 Å². The molecule has 0 spiro atoms. The van der Waals surface area contributed by atoms with E-state index in [1.165, 1.54) is 22.9 Å². The second kappa shape index (κ2) is 5.05. The number of nitrogens with two attached hydrogens (primary N) is 1. The minimum Gasteiger partial charge on any atom is -0.389 e. The predicted molar refractivity (Wildman–Crippen MR) is 69.9 cm³/mol. The standard InChI is InChI=1S/C12H10FN3OS/c13-9-3-2-8(10(6-9)11(14)18)7-16-5-1-4-15-12(16)17/h1-6H,7H2,(H2,14,18). The summed E-state index contributed by atoms with van der Waals surface area (Å²) >= 11 is 4.87. The Morgan fingerprint density at radius 3 is 2.94 bits per heavy atom. The van der Waals surface area contributed by atoms with Crippen molar-refractivity contribution in [2.24, 2.45) is 5.73 Å². The van der Waals surface area contributed by atoms with Crippen LogP contribution >= 0.6 is 12.2 Å². The molecule has 2 rings (SSSR count). The first-order chi connectivity index (χ1) is 8.58. The molecule has 6 heteroatoms. The maximum Gasteiger partial charge on any atom is 0.347 e. The second-order valence-corrected chi connectivity index (χ2v) is 4.14. The largest absolute Gasteiger partial charge is 0.389 e. The summed E-state index contributed by atoms with van der Waals surface area (Å²) in [6.07, 6.45) is 3.01. The summed E-state index contributed by atoms with van der Waals surface area (Å²) < 4.78 is 14.5. The van der Waals surface area contributed by atoms with E-state index in [9.17, 15) is 9.18 Å². The SMILES string of the molecule is NC(=S)c1cc(F)ccc1Cn1cccnc1=O. The molecule has 2 aromatic rings. The van der Waals surface area contributed by atoms with Gasteiger partial charge in [-0.25, -0.2) is 14.2 Å². The summed E-state index contributed by atoms with van der Waals surface area (Å²) in [5.74, 6) is -0.417. The van der Waals surface area contributed by atoms with Crippen LogP contribution in [0.1, 0.15) is 11.1 Å². The molecule has 0 aliphatic carbocycles. The van der Waals surface area contributed by atoms with Crippen LogP contribution in [0.15, 0.2) is 41.5 Å². The zero-order valence-corrected chi connectivity index (χ0v) is 10.2. The molecule has 2 N–H and O–H groups in total. The van der Waals surface area contributed by atoms with Crippen LogP contribution in [0.25, 0.3) is 0 Å². The Labute approximate surface area is 108 Å². The number of thiocarbonyl (C=S) groups is 1. The molecular formula is C12H10FN3OS. The number of hydrogen-bond donors (Lipinski definition) is 1. The Morgan fingerprint density at radius 2 is 2.28 bits per heavy atom. The van der Waals surface area contributed by atoms with E-state index in [4.69, 9.17) is 18.0 Å². The van der Waals surface area contributed by atoms with Crippen molar-refractivity contribution in [2.75, 3.05) is 0 Å². The zero-order valence-electron chi connectivity index (χ0n) is 9.34. The van der Waals surface area contributed by atoms with Gasteiger partial charge in [0.2, 0.25) is 0 Å². The molecule has 1 aromatic carbocycles. The van der Waals surface area contributed by atoms with Gasteiger partial charge in [0.15, 0.2) is 0 Å². The van der Waals surface area contributed by atoms with E-state index in [0.717, 1.165) is 0 Å². The summed E-state index contributed by atoms with van der Waals surface area (Å²) in [6, 6.07) is 5.77. The average Bonchev–Trinajstić information content (AvgIpc) is 2.34. The van der Waals surface area contributed by atoms with Gasteiger partial charge in [-0.2, -0.15) is 0 Å². The number of nitrogens with zero attached hydrogens (tertiary/aromatic N) is 2. The van der Waals surface area contributed by atoms with E-state index < -0.39 is 5.82 Å². The van der Waals surface area contributed by atoms with E-state index in [2.05, 4.69) is 4.98 Å². The molecule has 18 heavy (non-hydrogen) atoms. The molecule has 4 nitrogen and oxygen atoms in total. The Kier molecular flexibility index (Phi) is 3.47. The van der Waals surface area contributed by atoms with Crippen LogP contribution in [0, 0.1) is 5.82 Å². The van der Waals surface area contributed by atoms with Gasteiger partial charge >= 0.3 is 5.69 Å². The zero-order chi connectivity index (χ0) is 13.1. The van der Waals surface area contributed by atoms with Crippen LogP contribution in [-0.2, 0) is 6.54 Å². The van der Waals surface area contributed by atoms with Gasteiger partial charge in [0, 0.05) is 18.0 Å². The molecule has 0 unspecified atom stereocenters. The second-order valence-electron chi connectivity index (χ2n) is 3.70. The molecule has 0 fully saturated rings. The van der Waals surface area contributed by atoms with Crippen molar-refractivity contribution in [1.29, 1.82) is 0 Å². The molecule has 1 heterocycles. The highest BCUT2D eigenvalue weighted by Gasteiger charge is 2.08. The number of halogens is 1.